The van der Waals surface area contributed by atoms with Gasteiger partial charge in [-0.05, 0) is 43.7 Å². The summed E-state index contributed by atoms with van der Waals surface area (Å²) in [5.41, 5.74) is 1.44. The summed E-state index contributed by atoms with van der Waals surface area (Å²) in [7, 11) is 0. The zero-order valence-corrected chi connectivity index (χ0v) is 11.0. The molecule has 0 bridgehead atoms. The molecule has 4 heteroatoms. The smallest absolute Gasteiger partial charge is 0.149 e. The molecule has 0 aliphatic heterocycles. The minimum Gasteiger partial charge on any atom is -0.236 e. The molecule has 90 valence electrons. The number of nitriles is 1. The predicted molar refractivity (Wildman–Crippen MR) is 71.2 cm³/mol. The number of aromatic nitrogens is 2. The van der Waals surface area contributed by atoms with Crippen LogP contribution >= 0.6 is 11.3 Å². The van der Waals surface area contributed by atoms with Crippen LogP contribution in [0.4, 0.5) is 0 Å². The fraction of sp³-hybridized carbons (Fsp3) is 0.357. The topological polar surface area (TPSA) is 49.6 Å². The minimum atomic E-state index is -0.433. The van der Waals surface area contributed by atoms with E-state index in [0.29, 0.717) is 5.82 Å². The maximum Gasteiger partial charge on any atom is 0.149 e. The van der Waals surface area contributed by atoms with E-state index in [0.717, 1.165) is 35.5 Å². The van der Waals surface area contributed by atoms with Crippen molar-refractivity contribution in [3.63, 3.8) is 0 Å². The van der Waals surface area contributed by atoms with Crippen LogP contribution in [0.25, 0.3) is 10.6 Å². The largest absolute Gasteiger partial charge is 0.236 e. The van der Waals surface area contributed by atoms with Crippen molar-refractivity contribution in [3.8, 4) is 16.6 Å². The average molecular weight is 255 g/mol. The zero-order chi connectivity index (χ0) is 12.6. The number of rotatable bonds is 2. The van der Waals surface area contributed by atoms with Gasteiger partial charge in [-0.1, -0.05) is 6.07 Å². The maximum absolute atomic E-state index is 9.37. The van der Waals surface area contributed by atoms with Gasteiger partial charge < -0.3 is 0 Å². The summed E-state index contributed by atoms with van der Waals surface area (Å²) >= 11 is 1.66. The second-order valence-corrected chi connectivity index (χ2v) is 5.69. The lowest BCUT2D eigenvalue weighted by molar-refractivity contribution is 0.307. The van der Waals surface area contributed by atoms with Gasteiger partial charge in [0.1, 0.15) is 11.2 Å². The second kappa shape index (κ2) is 4.18. The van der Waals surface area contributed by atoms with E-state index in [1.54, 1.807) is 11.3 Å². The van der Waals surface area contributed by atoms with Gasteiger partial charge in [0.25, 0.3) is 0 Å². The molecule has 2 aromatic heterocycles. The van der Waals surface area contributed by atoms with Crippen LogP contribution in [-0.2, 0) is 5.41 Å². The van der Waals surface area contributed by atoms with Crippen molar-refractivity contribution in [2.24, 2.45) is 0 Å². The molecule has 3 rings (SSSR count). The molecule has 0 N–H and O–H groups in total. The summed E-state index contributed by atoms with van der Waals surface area (Å²) in [5, 5.41) is 11.4. The molecular formula is C14H13N3S. The van der Waals surface area contributed by atoms with E-state index >= 15 is 0 Å². The van der Waals surface area contributed by atoms with E-state index < -0.39 is 5.41 Å². The first-order chi connectivity index (χ1) is 8.73. The quantitative estimate of drug-likeness (QED) is 0.825. The van der Waals surface area contributed by atoms with Gasteiger partial charge in [0, 0.05) is 5.69 Å². The SMILES string of the molecule is Cc1cc(-c2cccs2)nc(C2(C#N)CCC2)n1. The molecule has 1 fully saturated rings. The van der Waals surface area contributed by atoms with Crippen LogP contribution in [0.2, 0.25) is 0 Å². The lowest BCUT2D eigenvalue weighted by Crippen LogP contribution is -2.34. The van der Waals surface area contributed by atoms with E-state index in [-0.39, 0.29) is 0 Å². The molecule has 0 spiro atoms. The van der Waals surface area contributed by atoms with Gasteiger partial charge in [0.15, 0.2) is 0 Å². The molecule has 0 unspecified atom stereocenters. The Bertz CT molecular complexity index is 606. The summed E-state index contributed by atoms with van der Waals surface area (Å²) in [6.45, 7) is 1.96. The first-order valence-electron chi connectivity index (χ1n) is 6.05. The van der Waals surface area contributed by atoms with Crippen molar-refractivity contribution in [1.82, 2.24) is 9.97 Å². The fourth-order valence-electron chi connectivity index (χ4n) is 2.25. The van der Waals surface area contributed by atoms with Gasteiger partial charge in [0.05, 0.1) is 16.6 Å². The van der Waals surface area contributed by atoms with Crippen LogP contribution in [0, 0.1) is 18.3 Å². The van der Waals surface area contributed by atoms with Crippen molar-refractivity contribution in [2.45, 2.75) is 31.6 Å². The van der Waals surface area contributed by atoms with Gasteiger partial charge in [-0.3, -0.25) is 0 Å². The van der Waals surface area contributed by atoms with E-state index in [1.807, 2.05) is 24.4 Å². The van der Waals surface area contributed by atoms with Gasteiger partial charge in [-0.2, -0.15) is 5.26 Å². The molecule has 1 aliphatic carbocycles. The number of hydrogen-bond acceptors (Lipinski definition) is 4. The molecule has 1 aliphatic rings. The van der Waals surface area contributed by atoms with Gasteiger partial charge in [-0.25, -0.2) is 9.97 Å². The Morgan fingerprint density at radius 2 is 2.22 bits per heavy atom. The minimum absolute atomic E-state index is 0.433. The molecular weight excluding hydrogens is 242 g/mol. The van der Waals surface area contributed by atoms with Crippen molar-refractivity contribution >= 4 is 11.3 Å². The van der Waals surface area contributed by atoms with Crippen LogP contribution < -0.4 is 0 Å². The highest BCUT2D eigenvalue weighted by molar-refractivity contribution is 7.13. The van der Waals surface area contributed by atoms with E-state index in [4.69, 9.17) is 0 Å². The highest BCUT2D eigenvalue weighted by atomic mass is 32.1. The van der Waals surface area contributed by atoms with E-state index in [2.05, 4.69) is 22.1 Å². The molecule has 2 heterocycles. The molecule has 0 amide bonds. The molecule has 0 atom stereocenters. The van der Waals surface area contributed by atoms with Gasteiger partial charge >= 0.3 is 0 Å². The third-order valence-corrected chi connectivity index (χ3v) is 4.37. The lowest BCUT2D eigenvalue weighted by atomic mass is 9.69. The first kappa shape index (κ1) is 11.4. The van der Waals surface area contributed by atoms with Crippen LogP contribution in [0.1, 0.15) is 30.8 Å². The molecule has 18 heavy (non-hydrogen) atoms. The van der Waals surface area contributed by atoms with Crippen LogP contribution in [-0.4, -0.2) is 9.97 Å². The molecule has 0 saturated heterocycles. The van der Waals surface area contributed by atoms with Crippen molar-refractivity contribution in [2.75, 3.05) is 0 Å². The normalized spacial score (nSPS) is 16.9. The molecule has 0 aromatic carbocycles. The van der Waals surface area contributed by atoms with Crippen LogP contribution in [0.3, 0.4) is 0 Å². The Balaban J connectivity index is 2.10. The standard InChI is InChI=1S/C14H13N3S/c1-10-8-11(12-4-2-7-18-12)17-13(16-10)14(9-15)5-3-6-14/h2,4,7-8H,3,5-6H2,1H3. The third kappa shape index (κ3) is 1.72. The van der Waals surface area contributed by atoms with Crippen molar-refractivity contribution in [3.05, 3.63) is 35.1 Å². The van der Waals surface area contributed by atoms with Crippen LogP contribution in [0.5, 0.6) is 0 Å². The van der Waals surface area contributed by atoms with E-state index in [1.165, 1.54) is 0 Å². The van der Waals surface area contributed by atoms with Crippen molar-refractivity contribution in [1.29, 1.82) is 5.26 Å². The van der Waals surface area contributed by atoms with Gasteiger partial charge in [0.2, 0.25) is 0 Å². The highest BCUT2D eigenvalue weighted by Gasteiger charge is 2.42. The Morgan fingerprint density at radius 3 is 2.78 bits per heavy atom. The first-order valence-corrected chi connectivity index (χ1v) is 6.93. The number of hydrogen-bond donors (Lipinski definition) is 0. The fourth-order valence-corrected chi connectivity index (χ4v) is 2.94. The van der Waals surface area contributed by atoms with E-state index in [9.17, 15) is 5.26 Å². The highest BCUT2D eigenvalue weighted by Crippen LogP contribution is 2.42. The summed E-state index contributed by atoms with van der Waals surface area (Å²) in [5.74, 6) is 0.708. The number of aryl methyl sites for hydroxylation is 1. The monoisotopic (exact) mass is 255 g/mol. The maximum atomic E-state index is 9.37. The van der Waals surface area contributed by atoms with Crippen LogP contribution in [0.15, 0.2) is 23.6 Å². The summed E-state index contributed by atoms with van der Waals surface area (Å²) in [4.78, 5) is 10.2. The molecule has 3 nitrogen and oxygen atoms in total. The summed E-state index contributed by atoms with van der Waals surface area (Å²) in [6.07, 6.45) is 2.87. The predicted octanol–water partition coefficient (Wildman–Crippen LogP) is 3.46. The Labute approximate surface area is 110 Å². The Kier molecular flexibility index (Phi) is 2.64. The molecule has 0 radical (unpaired) electrons. The van der Waals surface area contributed by atoms with Gasteiger partial charge in [-0.15, -0.1) is 11.3 Å². The summed E-state index contributed by atoms with van der Waals surface area (Å²) < 4.78 is 0. The lowest BCUT2D eigenvalue weighted by Gasteiger charge is -2.33. The van der Waals surface area contributed by atoms with Crippen molar-refractivity contribution < 1.29 is 0 Å². The summed E-state index contributed by atoms with van der Waals surface area (Å²) in [6, 6.07) is 8.46. The molecule has 2 aromatic rings. The Morgan fingerprint density at radius 1 is 1.39 bits per heavy atom. The third-order valence-electron chi connectivity index (χ3n) is 3.48. The number of nitrogens with zero attached hydrogens (tertiary/aromatic N) is 3. The number of thiophene rings is 1. The second-order valence-electron chi connectivity index (χ2n) is 4.74. The Hall–Kier alpha value is -1.73. The zero-order valence-electron chi connectivity index (χ0n) is 10.2. The average Bonchev–Trinajstić information content (AvgIpc) is 2.81. The molecule has 1 saturated carbocycles.